The second-order valence-electron chi connectivity index (χ2n) is 8.71. The summed E-state index contributed by atoms with van der Waals surface area (Å²) in [5.41, 5.74) is 2.26. The highest BCUT2D eigenvalue weighted by atomic mass is 16.5. The van der Waals surface area contributed by atoms with Crippen LogP contribution >= 0.6 is 0 Å². The maximum absolute atomic E-state index is 5.44. The average Bonchev–Trinajstić information content (AvgIpc) is 3.09. The molecule has 0 radical (unpaired) electrons. The van der Waals surface area contributed by atoms with E-state index in [9.17, 15) is 0 Å². The van der Waals surface area contributed by atoms with Gasteiger partial charge in [-0.15, -0.1) is 0 Å². The minimum absolute atomic E-state index is 0.396. The molecular formula is C23H28N6O. The van der Waals surface area contributed by atoms with Gasteiger partial charge >= 0.3 is 0 Å². The Morgan fingerprint density at radius 3 is 2.60 bits per heavy atom. The number of anilines is 1. The van der Waals surface area contributed by atoms with Crippen molar-refractivity contribution in [3.05, 3.63) is 43.0 Å². The summed E-state index contributed by atoms with van der Waals surface area (Å²) < 4.78 is 5.44. The van der Waals surface area contributed by atoms with Crippen molar-refractivity contribution >= 4 is 16.7 Å². The van der Waals surface area contributed by atoms with Gasteiger partial charge in [0.15, 0.2) is 5.82 Å². The molecule has 0 aromatic carbocycles. The third-order valence-corrected chi connectivity index (χ3v) is 6.78. The highest BCUT2D eigenvalue weighted by molar-refractivity contribution is 5.90. The molecule has 5 heterocycles. The maximum atomic E-state index is 5.44. The van der Waals surface area contributed by atoms with E-state index in [0.29, 0.717) is 11.5 Å². The third-order valence-electron chi connectivity index (χ3n) is 6.78. The molecule has 0 amide bonds. The lowest BCUT2D eigenvalue weighted by Crippen LogP contribution is -2.41. The van der Waals surface area contributed by atoms with Crippen LogP contribution in [0.25, 0.3) is 22.3 Å². The van der Waals surface area contributed by atoms with Gasteiger partial charge in [-0.25, -0.2) is 9.97 Å². The molecule has 7 heteroatoms. The Balaban J connectivity index is 1.43. The number of ether oxygens (including phenoxy) is 1. The monoisotopic (exact) mass is 404 g/mol. The fourth-order valence-corrected chi connectivity index (χ4v) is 5.15. The predicted octanol–water partition coefficient (Wildman–Crippen LogP) is 3.02. The molecule has 156 valence electrons. The molecule has 3 aromatic heterocycles. The first-order valence-electron chi connectivity index (χ1n) is 10.6. The van der Waals surface area contributed by atoms with E-state index < -0.39 is 0 Å². The molecule has 2 aliphatic heterocycles. The zero-order valence-electron chi connectivity index (χ0n) is 17.7. The van der Waals surface area contributed by atoms with Gasteiger partial charge in [0.05, 0.1) is 18.3 Å². The van der Waals surface area contributed by atoms with Crippen LogP contribution in [0.3, 0.4) is 0 Å². The van der Waals surface area contributed by atoms with Crippen molar-refractivity contribution in [2.75, 3.05) is 45.3 Å². The molecule has 0 N–H and O–H groups in total. The summed E-state index contributed by atoms with van der Waals surface area (Å²) in [6.45, 7) is 4.00. The van der Waals surface area contributed by atoms with Gasteiger partial charge in [-0.3, -0.25) is 9.97 Å². The van der Waals surface area contributed by atoms with Crippen LogP contribution in [0, 0.1) is 5.41 Å². The Labute approximate surface area is 177 Å². The highest BCUT2D eigenvalue weighted by Gasteiger charge is 2.44. The molecule has 7 nitrogen and oxygen atoms in total. The van der Waals surface area contributed by atoms with E-state index in [-0.39, 0.29) is 0 Å². The molecule has 30 heavy (non-hydrogen) atoms. The third kappa shape index (κ3) is 3.52. The first-order chi connectivity index (χ1) is 14.7. The van der Waals surface area contributed by atoms with E-state index >= 15 is 0 Å². The van der Waals surface area contributed by atoms with Gasteiger partial charge in [-0.2, -0.15) is 0 Å². The summed E-state index contributed by atoms with van der Waals surface area (Å²) in [6, 6.07) is 6.47. The zero-order chi connectivity index (χ0) is 20.6. The number of pyridine rings is 2. The van der Waals surface area contributed by atoms with Gasteiger partial charge in [-0.05, 0) is 49.9 Å². The number of likely N-dealkylation sites (N-methyl/N-ethyl adjacent to an activating group) is 1. The fraction of sp³-hybridized carbons (Fsp3) is 0.478. The largest absolute Gasteiger partial charge is 0.383 e. The second kappa shape index (κ2) is 7.89. The number of likely N-dealkylation sites (tertiary alicyclic amines) is 1. The Kier molecular flexibility index (Phi) is 5.08. The van der Waals surface area contributed by atoms with Crippen LogP contribution in [0.5, 0.6) is 0 Å². The molecule has 1 atom stereocenters. The van der Waals surface area contributed by atoms with Gasteiger partial charge in [0.1, 0.15) is 5.82 Å². The zero-order valence-corrected chi connectivity index (χ0v) is 17.7. The number of methoxy groups -OCH3 is 1. The van der Waals surface area contributed by atoms with E-state index in [0.717, 1.165) is 54.3 Å². The van der Waals surface area contributed by atoms with Crippen molar-refractivity contribution in [2.24, 2.45) is 5.41 Å². The smallest absolute Gasteiger partial charge is 0.162 e. The van der Waals surface area contributed by atoms with E-state index in [4.69, 9.17) is 14.7 Å². The lowest BCUT2D eigenvalue weighted by molar-refractivity contribution is 0.129. The minimum Gasteiger partial charge on any atom is -0.383 e. The van der Waals surface area contributed by atoms with Crippen molar-refractivity contribution in [3.63, 3.8) is 0 Å². The van der Waals surface area contributed by atoms with Crippen molar-refractivity contribution in [1.82, 2.24) is 24.8 Å². The average molecular weight is 405 g/mol. The summed E-state index contributed by atoms with van der Waals surface area (Å²) in [4.78, 5) is 23.1. The molecule has 0 aliphatic carbocycles. The molecule has 1 spiro atoms. The Hall–Kier alpha value is -2.64. The lowest BCUT2D eigenvalue weighted by Gasteiger charge is -2.40. The van der Waals surface area contributed by atoms with Gasteiger partial charge in [0, 0.05) is 62.3 Å². The minimum atomic E-state index is 0.396. The Bertz CT molecular complexity index is 1020. The van der Waals surface area contributed by atoms with Crippen LogP contribution in [-0.4, -0.2) is 71.3 Å². The van der Waals surface area contributed by atoms with E-state index in [1.165, 1.54) is 19.3 Å². The number of aromatic nitrogens is 4. The van der Waals surface area contributed by atoms with Gasteiger partial charge in [0.2, 0.25) is 0 Å². The van der Waals surface area contributed by atoms with Crippen LogP contribution < -0.4 is 4.90 Å². The predicted molar refractivity (Wildman–Crippen MR) is 117 cm³/mol. The molecule has 0 saturated carbocycles. The summed E-state index contributed by atoms with van der Waals surface area (Å²) in [5, 5.41) is 1.07. The molecule has 3 aromatic rings. The highest BCUT2D eigenvalue weighted by Crippen LogP contribution is 2.44. The molecule has 2 aliphatic rings. The first-order valence-corrected chi connectivity index (χ1v) is 10.6. The number of hydrogen-bond acceptors (Lipinski definition) is 7. The van der Waals surface area contributed by atoms with Crippen molar-refractivity contribution in [2.45, 2.75) is 25.3 Å². The second-order valence-corrected chi connectivity index (χ2v) is 8.71. The SMILES string of the molecule is COCC1CC2(CCN(c3nc(-c4ccncc4)nc4cnccc34)CC2)CN1C. The summed E-state index contributed by atoms with van der Waals surface area (Å²) >= 11 is 0. The molecule has 2 saturated heterocycles. The molecule has 0 bridgehead atoms. The van der Waals surface area contributed by atoms with Crippen molar-refractivity contribution in [1.29, 1.82) is 0 Å². The molecular weight excluding hydrogens is 376 g/mol. The number of hydrogen-bond donors (Lipinski definition) is 0. The number of nitrogens with zero attached hydrogens (tertiary/aromatic N) is 6. The molecule has 1 unspecified atom stereocenters. The van der Waals surface area contributed by atoms with E-state index in [1.807, 2.05) is 30.6 Å². The fourth-order valence-electron chi connectivity index (χ4n) is 5.15. The Morgan fingerprint density at radius 1 is 1.07 bits per heavy atom. The van der Waals surface area contributed by atoms with Crippen LogP contribution in [0.2, 0.25) is 0 Å². The van der Waals surface area contributed by atoms with Gasteiger partial charge in [0.25, 0.3) is 0 Å². The topological polar surface area (TPSA) is 67.3 Å². The van der Waals surface area contributed by atoms with Crippen LogP contribution in [0.4, 0.5) is 5.82 Å². The van der Waals surface area contributed by atoms with Gasteiger partial charge < -0.3 is 14.5 Å². The summed E-state index contributed by atoms with van der Waals surface area (Å²) in [6.07, 6.45) is 10.8. The quantitative estimate of drug-likeness (QED) is 0.662. The van der Waals surface area contributed by atoms with E-state index in [2.05, 4.69) is 26.8 Å². The lowest BCUT2D eigenvalue weighted by atomic mass is 9.76. The number of rotatable bonds is 4. The normalized spacial score (nSPS) is 21.5. The summed E-state index contributed by atoms with van der Waals surface area (Å²) in [5.74, 6) is 1.75. The molecule has 2 fully saturated rings. The summed E-state index contributed by atoms with van der Waals surface area (Å²) in [7, 11) is 4.04. The van der Waals surface area contributed by atoms with Crippen molar-refractivity contribution < 1.29 is 4.74 Å². The van der Waals surface area contributed by atoms with E-state index in [1.54, 1.807) is 19.5 Å². The Morgan fingerprint density at radius 2 is 1.83 bits per heavy atom. The molecule has 5 rings (SSSR count). The van der Waals surface area contributed by atoms with Crippen LogP contribution in [-0.2, 0) is 4.74 Å². The maximum Gasteiger partial charge on any atom is 0.162 e. The first kappa shape index (κ1) is 19.3. The van der Waals surface area contributed by atoms with Gasteiger partial charge in [-0.1, -0.05) is 0 Å². The number of fused-ring (bicyclic) bond motifs is 1. The van der Waals surface area contributed by atoms with Crippen LogP contribution in [0.1, 0.15) is 19.3 Å². The van der Waals surface area contributed by atoms with Crippen molar-refractivity contribution in [3.8, 4) is 11.4 Å². The number of piperidine rings is 1. The standard InChI is InChI=1S/C23H28N6O/c1-28-16-23(13-18(28)15-30-2)6-11-29(12-7-23)22-19-5-10-25-14-20(19)26-21(27-22)17-3-8-24-9-4-17/h3-5,8-10,14,18H,6-7,11-13,15-16H2,1-2H3. The van der Waals surface area contributed by atoms with Crippen LogP contribution in [0.15, 0.2) is 43.0 Å².